The van der Waals surface area contributed by atoms with E-state index in [-0.39, 0.29) is 18.0 Å². The number of nitrogens with one attached hydrogen (secondary N) is 1. The molecule has 35 heavy (non-hydrogen) atoms. The average molecular weight is 477 g/mol. The summed E-state index contributed by atoms with van der Waals surface area (Å²) < 4.78 is 40.4. The van der Waals surface area contributed by atoms with E-state index < -0.39 is 17.7 Å². The molecule has 8 nitrogen and oxygen atoms in total. The summed E-state index contributed by atoms with van der Waals surface area (Å²) in [5, 5.41) is 13.8. The number of amides is 1. The summed E-state index contributed by atoms with van der Waals surface area (Å²) in [4.78, 5) is 15.2. The number of hydrogen-bond acceptors (Lipinski definition) is 6. The van der Waals surface area contributed by atoms with E-state index in [0.717, 1.165) is 11.6 Å². The number of aromatic nitrogens is 4. The Morgan fingerprint density at radius 3 is 2.57 bits per heavy atom. The van der Waals surface area contributed by atoms with Crippen LogP contribution in [0.5, 0.6) is 11.5 Å². The molecule has 0 saturated carbocycles. The van der Waals surface area contributed by atoms with E-state index in [1.807, 2.05) is 6.07 Å². The molecule has 0 spiro atoms. The molecule has 1 aliphatic heterocycles. The maximum absolute atomic E-state index is 15.1. The lowest BCUT2D eigenvalue weighted by Crippen LogP contribution is -2.41. The van der Waals surface area contributed by atoms with Gasteiger partial charge in [-0.15, -0.1) is 10.2 Å². The largest absolute Gasteiger partial charge is 0.497 e. The van der Waals surface area contributed by atoms with Gasteiger partial charge in [-0.3, -0.25) is 4.79 Å². The van der Waals surface area contributed by atoms with E-state index in [4.69, 9.17) is 9.47 Å². The van der Waals surface area contributed by atoms with Crippen LogP contribution >= 0.6 is 0 Å². The fourth-order valence-corrected chi connectivity index (χ4v) is 4.47. The zero-order valence-electron chi connectivity index (χ0n) is 19.0. The van der Waals surface area contributed by atoms with Crippen molar-refractivity contribution in [1.82, 2.24) is 25.5 Å². The third-order valence-electron chi connectivity index (χ3n) is 6.14. The molecule has 0 saturated heterocycles. The molecule has 2 heterocycles. The number of carbonyl (C=O) groups is 1. The highest BCUT2D eigenvalue weighted by Crippen LogP contribution is 2.44. The zero-order valence-corrected chi connectivity index (χ0v) is 19.0. The fraction of sp³-hybridized carbons (Fsp3) is 0.200. The minimum Gasteiger partial charge on any atom is -0.497 e. The van der Waals surface area contributed by atoms with Crippen molar-refractivity contribution in [3.05, 3.63) is 88.5 Å². The van der Waals surface area contributed by atoms with Crippen LogP contribution in [-0.4, -0.2) is 52.2 Å². The monoisotopic (exact) mass is 477 g/mol. The average Bonchev–Trinajstić information content (AvgIpc) is 3.44. The summed E-state index contributed by atoms with van der Waals surface area (Å²) >= 11 is 0. The number of ether oxygens (including phenoxy) is 2. The minimum atomic E-state index is -1.01. The number of H-pyrrole nitrogens is 1. The number of nitrogens with zero attached hydrogens (tertiary/aromatic N) is 4. The normalized spacial score (nSPS) is 15.0. The first-order valence-corrected chi connectivity index (χ1v) is 10.9. The quantitative estimate of drug-likeness (QED) is 0.468. The molecular weight excluding hydrogens is 456 g/mol. The Labute approximate surface area is 199 Å². The Morgan fingerprint density at radius 1 is 1.09 bits per heavy atom. The van der Waals surface area contributed by atoms with Crippen LogP contribution in [0.15, 0.2) is 54.6 Å². The van der Waals surface area contributed by atoms with Gasteiger partial charge in [-0.2, -0.15) is 5.21 Å². The van der Waals surface area contributed by atoms with Crippen molar-refractivity contribution in [2.45, 2.75) is 12.5 Å². The van der Waals surface area contributed by atoms with Crippen molar-refractivity contribution in [3.8, 4) is 22.9 Å². The number of tetrazole rings is 1. The molecule has 0 bridgehead atoms. The van der Waals surface area contributed by atoms with Gasteiger partial charge in [0.25, 0.3) is 5.91 Å². The molecule has 1 amide bonds. The third kappa shape index (κ3) is 3.96. The molecule has 1 atom stereocenters. The van der Waals surface area contributed by atoms with Gasteiger partial charge < -0.3 is 14.4 Å². The van der Waals surface area contributed by atoms with Crippen LogP contribution in [0.2, 0.25) is 0 Å². The maximum Gasteiger partial charge on any atom is 0.254 e. The van der Waals surface area contributed by atoms with Crippen LogP contribution in [0, 0.1) is 11.6 Å². The van der Waals surface area contributed by atoms with Crippen LogP contribution in [0.3, 0.4) is 0 Å². The number of aromatic amines is 1. The Bertz CT molecular complexity index is 1360. The van der Waals surface area contributed by atoms with E-state index in [0.29, 0.717) is 40.4 Å². The predicted octanol–water partition coefficient (Wildman–Crippen LogP) is 3.95. The Hall–Kier alpha value is -4.34. The number of fused-ring (bicyclic) bond motifs is 1. The topological polar surface area (TPSA) is 93.2 Å². The van der Waals surface area contributed by atoms with Gasteiger partial charge in [0.05, 0.1) is 20.3 Å². The maximum atomic E-state index is 15.1. The smallest absolute Gasteiger partial charge is 0.254 e. The first-order chi connectivity index (χ1) is 17.0. The van der Waals surface area contributed by atoms with E-state index >= 15 is 4.39 Å². The molecule has 0 radical (unpaired) electrons. The second-order valence-corrected chi connectivity index (χ2v) is 8.01. The summed E-state index contributed by atoms with van der Waals surface area (Å²) in [5.41, 5.74) is 2.55. The van der Waals surface area contributed by atoms with Gasteiger partial charge in [0.2, 0.25) is 5.82 Å². The molecule has 1 aliphatic rings. The zero-order chi connectivity index (χ0) is 24.5. The summed E-state index contributed by atoms with van der Waals surface area (Å²) in [5.74, 6) is -0.919. The number of carbonyl (C=O) groups excluding carboxylic acids is 1. The van der Waals surface area contributed by atoms with Gasteiger partial charge in [0, 0.05) is 34.9 Å². The highest BCUT2D eigenvalue weighted by Gasteiger charge is 2.37. The molecule has 3 aromatic carbocycles. The van der Waals surface area contributed by atoms with E-state index in [1.165, 1.54) is 19.2 Å². The van der Waals surface area contributed by atoms with E-state index in [1.54, 1.807) is 42.3 Å². The molecule has 4 aromatic rings. The first kappa shape index (κ1) is 22.5. The Morgan fingerprint density at radius 2 is 1.89 bits per heavy atom. The summed E-state index contributed by atoms with van der Waals surface area (Å²) in [6.07, 6.45) is 0.489. The lowest BCUT2D eigenvalue weighted by atomic mass is 9.86. The molecule has 1 unspecified atom stereocenters. The van der Waals surface area contributed by atoms with Crippen LogP contribution < -0.4 is 9.47 Å². The highest BCUT2D eigenvalue weighted by atomic mass is 19.2. The van der Waals surface area contributed by atoms with Crippen molar-refractivity contribution < 1.29 is 23.0 Å². The van der Waals surface area contributed by atoms with Gasteiger partial charge in [0.1, 0.15) is 11.5 Å². The van der Waals surface area contributed by atoms with Gasteiger partial charge in [-0.05, 0) is 41.5 Å². The minimum absolute atomic E-state index is 0.0474. The van der Waals surface area contributed by atoms with E-state index in [2.05, 4.69) is 20.6 Å². The van der Waals surface area contributed by atoms with Crippen LogP contribution in [0.25, 0.3) is 11.4 Å². The summed E-state index contributed by atoms with van der Waals surface area (Å²) in [6, 6.07) is 13.3. The van der Waals surface area contributed by atoms with E-state index in [9.17, 15) is 9.18 Å². The first-order valence-electron chi connectivity index (χ1n) is 10.9. The lowest BCUT2D eigenvalue weighted by molar-refractivity contribution is 0.0689. The molecule has 10 heteroatoms. The predicted molar refractivity (Wildman–Crippen MR) is 122 cm³/mol. The molecule has 0 aliphatic carbocycles. The molecular formula is C25H21F2N5O3. The van der Waals surface area contributed by atoms with Crippen molar-refractivity contribution in [1.29, 1.82) is 0 Å². The standard InChI is InChI=1S/C25H21F2N5O3/c1-34-17-12-16-10-11-32(25(33)15-8-6-14(7-9-15)24-28-30-31-29-24)23(21(16)20(13-17)35-2)18-4-3-5-19(26)22(18)27/h3-9,12-13,23H,10-11H2,1-2H3,(H,28,29,30,31). The number of methoxy groups -OCH3 is 2. The molecule has 1 N–H and O–H groups in total. The number of halogens is 2. The summed E-state index contributed by atoms with van der Waals surface area (Å²) in [6.45, 7) is 0.287. The number of rotatable bonds is 5. The lowest BCUT2D eigenvalue weighted by Gasteiger charge is -2.39. The van der Waals surface area contributed by atoms with Gasteiger partial charge in [-0.1, -0.05) is 24.3 Å². The number of hydrogen-bond donors (Lipinski definition) is 1. The highest BCUT2D eigenvalue weighted by molar-refractivity contribution is 5.95. The molecule has 0 fully saturated rings. The van der Waals surface area contributed by atoms with Crippen molar-refractivity contribution in [2.24, 2.45) is 0 Å². The van der Waals surface area contributed by atoms with Crippen LogP contribution in [-0.2, 0) is 6.42 Å². The Balaban J connectivity index is 1.61. The fourth-order valence-electron chi connectivity index (χ4n) is 4.47. The van der Waals surface area contributed by atoms with Crippen molar-refractivity contribution in [2.75, 3.05) is 20.8 Å². The van der Waals surface area contributed by atoms with Gasteiger partial charge in [-0.25, -0.2) is 8.78 Å². The third-order valence-corrected chi connectivity index (χ3v) is 6.14. The van der Waals surface area contributed by atoms with Crippen molar-refractivity contribution >= 4 is 5.91 Å². The second kappa shape index (κ2) is 9.13. The summed E-state index contributed by atoms with van der Waals surface area (Å²) in [7, 11) is 3.03. The number of benzene rings is 3. The second-order valence-electron chi connectivity index (χ2n) is 8.01. The van der Waals surface area contributed by atoms with Crippen molar-refractivity contribution in [3.63, 3.8) is 0 Å². The molecule has 1 aromatic heterocycles. The SMILES string of the molecule is COc1cc2c(c(OC)c1)C(c1cccc(F)c1F)N(C(=O)c1ccc(-c3nn[nH]n3)cc1)CC2. The molecule has 5 rings (SSSR count). The Kier molecular flexibility index (Phi) is 5.86. The van der Waals surface area contributed by atoms with Gasteiger partial charge in [0.15, 0.2) is 11.6 Å². The molecule has 178 valence electrons. The van der Waals surface area contributed by atoms with Gasteiger partial charge >= 0.3 is 0 Å². The van der Waals surface area contributed by atoms with Crippen LogP contribution in [0.1, 0.15) is 33.1 Å². The van der Waals surface area contributed by atoms with Crippen LogP contribution in [0.4, 0.5) is 8.78 Å².